The van der Waals surface area contributed by atoms with Crippen LogP contribution in [-0.4, -0.2) is 50.7 Å². The number of nitrogens with zero attached hydrogens (tertiary/aromatic N) is 2. The monoisotopic (exact) mass is 502 g/mol. The van der Waals surface area contributed by atoms with Gasteiger partial charge in [0.15, 0.2) is 10.2 Å². The minimum Gasteiger partial charge on any atom is -0.495 e. The van der Waals surface area contributed by atoms with E-state index in [1.54, 1.807) is 0 Å². The van der Waals surface area contributed by atoms with E-state index in [1.165, 1.54) is 47.6 Å². The first-order chi connectivity index (χ1) is 16.4. The summed E-state index contributed by atoms with van der Waals surface area (Å²) in [6, 6.07) is 14.4. The molecule has 0 spiro atoms. The fourth-order valence-electron chi connectivity index (χ4n) is 3.80. The number of nitrogens with one attached hydrogen (secondary N) is 2. The smallest absolute Gasteiger partial charge is 0.335 e. The first-order valence-corrected chi connectivity index (χ1v) is 13.1. The molecule has 2 heterocycles. The molecule has 180 valence electrons. The normalized spacial score (nSPS) is 16.3. The fraction of sp³-hybridized carbons (Fsp3) is 0.304. The molecule has 11 heteroatoms. The molecule has 34 heavy (non-hydrogen) atoms. The minimum atomic E-state index is -3.98. The van der Waals surface area contributed by atoms with Crippen molar-refractivity contribution in [1.29, 1.82) is 0 Å². The summed E-state index contributed by atoms with van der Waals surface area (Å²) in [6.07, 6.45) is 2.03. The van der Waals surface area contributed by atoms with E-state index in [0.717, 1.165) is 32.5 Å². The standard InChI is InChI=1S/C23H26N4O5S2/c1-32-20-12-17(22(28)29)9-10-19(20)26-34(30,31)21-15-33-23(25-21)27-11-5-8-18(14-27)24-13-16-6-3-2-4-7-16/h2-4,6-7,9-10,12,15,18,24,26H,5,8,11,13-14H2,1H3,(H,28,29). The zero-order valence-electron chi connectivity index (χ0n) is 18.6. The molecule has 0 saturated carbocycles. The van der Waals surface area contributed by atoms with Gasteiger partial charge in [-0.15, -0.1) is 11.3 Å². The van der Waals surface area contributed by atoms with Gasteiger partial charge in [0.2, 0.25) is 0 Å². The molecule has 1 unspecified atom stereocenters. The number of aromatic nitrogens is 1. The van der Waals surface area contributed by atoms with Gasteiger partial charge in [-0.2, -0.15) is 8.42 Å². The third kappa shape index (κ3) is 5.66. The minimum absolute atomic E-state index is 0.00345. The number of carboxylic acids is 1. The number of piperidine rings is 1. The molecule has 0 bridgehead atoms. The molecule has 1 aliphatic heterocycles. The van der Waals surface area contributed by atoms with E-state index >= 15 is 0 Å². The van der Waals surface area contributed by atoms with Crippen molar-refractivity contribution in [3.05, 3.63) is 65.0 Å². The Hall–Kier alpha value is -3.15. The Morgan fingerprint density at radius 2 is 2.06 bits per heavy atom. The third-order valence-electron chi connectivity index (χ3n) is 5.57. The Balaban J connectivity index is 1.43. The topological polar surface area (TPSA) is 121 Å². The van der Waals surface area contributed by atoms with Crippen molar-refractivity contribution >= 4 is 38.1 Å². The lowest BCUT2D eigenvalue weighted by Crippen LogP contribution is -2.45. The molecule has 1 atom stereocenters. The second kappa shape index (κ2) is 10.4. The van der Waals surface area contributed by atoms with Crippen LogP contribution in [0.3, 0.4) is 0 Å². The average molecular weight is 503 g/mol. The van der Waals surface area contributed by atoms with Crippen LogP contribution in [-0.2, 0) is 16.6 Å². The Kier molecular flexibility index (Phi) is 7.35. The summed E-state index contributed by atoms with van der Waals surface area (Å²) < 4.78 is 33.5. The molecule has 1 saturated heterocycles. The second-order valence-corrected chi connectivity index (χ2v) is 10.4. The highest BCUT2D eigenvalue weighted by Gasteiger charge is 2.25. The highest BCUT2D eigenvalue weighted by Crippen LogP contribution is 2.30. The number of benzene rings is 2. The first kappa shape index (κ1) is 24.0. The van der Waals surface area contributed by atoms with E-state index in [0.29, 0.717) is 5.13 Å². The van der Waals surface area contributed by atoms with Crippen LogP contribution in [0.1, 0.15) is 28.8 Å². The maximum absolute atomic E-state index is 12.9. The predicted molar refractivity (Wildman–Crippen MR) is 131 cm³/mol. The molecule has 3 N–H and O–H groups in total. The lowest BCUT2D eigenvalue weighted by Gasteiger charge is -2.33. The van der Waals surface area contributed by atoms with E-state index < -0.39 is 16.0 Å². The molecular formula is C23H26N4O5S2. The summed E-state index contributed by atoms with van der Waals surface area (Å²) in [7, 11) is -2.63. The summed E-state index contributed by atoms with van der Waals surface area (Å²) in [5.41, 5.74) is 1.36. The number of rotatable bonds is 9. The Bertz CT molecular complexity index is 1250. The van der Waals surface area contributed by atoms with Crippen LogP contribution < -0.4 is 19.7 Å². The van der Waals surface area contributed by atoms with Gasteiger partial charge in [-0.25, -0.2) is 9.78 Å². The van der Waals surface area contributed by atoms with Crippen molar-refractivity contribution in [3.8, 4) is 5.75 Å². The van der Waals surface area contributed by atoms with Crippen molar-refractivity contribution < 1.29 is 23.1 Å². The molecule has 0 aliphatic carbocycles. The van der Waals surface area contributed by atoms with Crippen molar-refractivity contribution in [1.82, 2.24) is 10.3 Å². The van der Waals surface area contributed by atoms with Gasteiger partial charge in [-0.3, -0.25) is 4.72 Å². The van der Waals surface area contributed by atoms with Crippen molar-refractivity contribution in [2.45, 2.75) is 30.5 Å². The number of carboxylic acid groups (broad SMARTS) is 1. The zero-order chi connectivity index (χ0) is 24.1. The van der Waals surface area contributed by atoms with Crippen LogP contribution >= 0.6 is 11.3 Å². The number of ether oxygens (including phenoxy) is 1. The maximum Gasteiger partial charge on any atom is 0.335 e. The SMILES string of the molecule is COc1cc(C(=O)O)ccc1NS(=O)(=O)c1csc(N2CCCC(NCc3ccccc3)C2)n1. The van der Waals surface area contributed by atoms with Gasteiger partial charge in [0.25, 0.3) is 10.0 Å². The fourth-order valence-corrected chi connectivity index (χ4v) is 6.00. The highest BCUT2D eigenvalue weighted by atomic mass is 32.2. The van der Waals surface area contributed by atoms with E-state index in [9.17, 15) is 13.2 Å². The lowest BCUT2D eigenvalue weighted by molar-refractivity contribution is 0.0696. The van der Waals surface area contributed by atoms with Crippen molar-refractivity contribution in [2.75, 3.05) is 29.8 Å². The van der Waals surface area contributed by atoms with Crippen LogP contribution in [0.25, 0.3) is 0 Å². The van der Waals surface area contributed by atoms with Gasteiger partial charge in [-0.05, 0) is 36.6 Å². The average Bonchev–Trinajstić information content (AvgIpc) is 3.35. The number of hydrogen-bond donors (Lipinski definition) is 3. The van der Waals surface area contributed by atoms with Gasteiger partial charge < -0.3 is 20.1 Å². The van der Waals surface area contributed by atoms with Gasteiger partial charge in [-0.1, -0.05) is 30.3 Å². The molecule has 0 amide bonds. The van der Waals surface area contributed by atoms with Gasteiger partial charge in [0, 0.05) is 31.1 Å². The van der Waals surface area contributed by atoms with Crippen LogP contribution in [0, 0.1) is 0 Å². The Labute approximate surface area is 202 Å². The molecule has 1 fully saturated rings. The molecule has 1 aromatic heterocycles. The number of thiazole rings is 1. The molecule has 4 rings (SSSR count). The number of carbonyl (C=O) groups is 1. The number of hydrogen-bond acceptors (Lipinski definition) is 8. The largest absolute Gasteiger partial charge is 0.495 e. The Morgan fingerprint density at radius 1 is 1.26 bits per heavy atom. The molecule has 2 aromatic carbocycles. The summed E-state index contributed by atoms with van der Waals surface area (Å²) in [6.45, 7) is 2.34. The number of methoxy groups -OCH3 is 1. The number of sulfonamides is 1. The first-order valence-electron chi connectivity index (χ1n) is 10.8. The van der Waals surface area contributed by atoms with Gasteiger partial charge in [0.1, 0.15) is 5.75 Å². The lowest BCUT2D eigenvalue weighted by atomic mass is 10.1. The van der Waals surface area contributed by atoms with Gasteiger partial charge >= 0.3 is 5.97 Å². The van der Waals surface area contributed by atoms with E-state index in [-0.39, 0.29) is 28.1 Å². The van der Waals surface area contributed by atoms with E-state index in [1.807, 2.05) is 18.2 Å². The van der Waals surface area contributed by atoms with Crippen LogP contribution in [0.2, 0.25) is 0 Å². The van der Waals surface area contributed by atoms with Crippen LogP contribution in [0.5, 0.6) is 5.75 Å². The molecule has 3 aromatic rings. The summed E-state index contributed by atoms with van der Waals surface area (Å²) in [4.78, 5) is 17.7. The molecule has 9 nitrogen and oxygen atoms in total. The Morgan fingerprint density at radius 3 is 2.79 bits per heavy atom. The van der Waals surface area contributed by atoms with Gasteiger partial charge in [0.05, 0.1) is 18.4 Å². The highest BCUT2D eigenvalue weighted by molar-refractivity contribution is 7.92. The molecular weight excluding hydrogens is 476 g/mol. The quantitative estimate of drug-likeness (QED) is 0.407. The van der Waals surface area contributed by atoms with Crippen LogP contribution in [0.4, 0.5) is 10.8 Å². The number of anilines is 2. The summed E-state index contributed by atoms with van der Waals surface area (Å²) >= 11 is 1.29. The molecule has 1 aliphatic rings. The zero-order valence-corrected chi connectivity index (χ0v) is 20.2. The predicted octanol–water partition coefficient (Wildman–Crippen LogP) is 3.41. The van der Waals surface area contributed by atoms with Crippen LogP contribution in [0.15, 0.2) is 58.9 Å². The third-order valence-corrected chi connectivity index (χ3v) is 7.87. The van der Waals surface area contributed by atoms with Crippen molar-refractivity contribution in [2.24, 2.45) is 0 Å². The summed E-state index contributed by atoms with van der Waals surface area (Å²) in [5.74, 6) is -1.02. The van der Waals surface area contributed by atoms with E-state index in [4.69, 9.17) is 9.84 Å². The summed E-state index contributed by atoms with van der Waals surface area (Å²) in [5, 5.41) is 14.8. The van der Waals surface area contributed by atoms with E-state index in [2.05, 4.69) is 32.1 Å². The second-order valence-electron chi connectivity index (χ2n) is 7.95. The van der Waals surface area contributed by atoms with Crippen molar-refractivity contribution in [3.63, 3.8) is 0 Å². The number of aromatic carboxylic acids is 1. The maximum atomic E-state index is 12.9. The molecule has 0 radical (unpaired) electrons.